The Kier molecular flexibility index (Phi) is 7.75. The molecule has 2 atom stereocenters. The van der Waals surface area contributed by atoms with Gasteiger partial charge in [0.05, 0.1) is 12.3 Å². The molecule has 0 bridgehead atoms. The molecule has 0 saturated heterocycles. The molecular weight excluding hydrogens is 238 g/mol. The third kappa shape index (κ3) is 6.73. The van der Waals surface area contributed by atoms with E-state index in [1.165, 1.54) is 24.8 Å². The smallest absolute Gasteiger partial charge is 0.0543 e. The second-order valence-corrected chi connectivity index (χ2v) is 5.34. The Labute approximate surface area is 117 Å². The molecule has 0 aliphatic heterocycles. The molecule has 0 aliphatic rings. The average molecular weight is 267 g/mol. The van der Waals surface area contributed by atoms with Crippen molar-refractivity contribution in [2.45, 2.75) is 58.1 Å². The monoisotopic (exact) mass is 267 g/mol. The molecular formula is C15H29N3O. The van der Waals surface area contributed by atoms with E-state index in [2.05, 4.69) is 30.5 Å². The van der Waals surface area contributed by atoms with Gasteiger partial charge in [-0.15, -0.1) is 0 Å². The first-order valence-electron chi connectivity index (χ1n) is 7.39. The molecule has 0 amide bonds. The maximum Gasteiger partial charge on any atom is 0.0543 e. The second kappa shape index (κ2) is 9.10. The molecule has 1 N–H and O–H groups in total. The van der Waals surface area contributed by atoms with Gasteiger partial charge in [-0.25, -0.2) is 0 Å². The van der Waals surface area contributed by atoms with Gasteiger partial charge in [-0.05, 0) is 51.1 Å². The largest absolute Gasteiger partial charge is 0.382 e. The van der Waals surface area contributed by atoms with Crippen LogP contribution in [0.15, 0.2) is 12.4 Å². The molecule has 19 heavy (non-hydrogen) atoms. The van der Waals surface area contributed by atoms with E-state index in [-0.39, 0.29) is 0 Å². The number of hydrogen-bond donors (Lipinski definition) is 1. The minimum absolute atomic E-state index is 0.351. The van der Waals surface area contributed by atoms with Crippen LogP contribution in [-0.2, 0) is 18.2 Å². The van der Waals surface area contributed by atoms with Gasteiger partial charge < -0.3 is 10.1 Å². The lowest BCUT2D eigenvalue weighted by Gasteiger charge is -2.20. The summed E-state index contributed by atoms with van der Waals surface area (Å²) < 4.78 is 7.20. The summed E-state index contributed by atoms with van der Waals surface area (Å²) in [5, 5.41) is 7.86. The molecule has 1 heterocycles. The van der Waals surface area contributed by atoms with Gasteiger partial charge >= 0.3 is 0 Å². The fraction of sp³-hybridized carbons (Fsp3) is 0.800. The van der Waals surface area contributed by atoms with Crippen molar-refractivity contribution in [1.82, 2.24) is 15.1 Å². The number of nitrogens with zero attached hydrogens (tertiary/aromatic N) is 2. The number of hydrogen-bond acceptors (Lipinski definition) is 3. The van der Waals surface area contributed by atoms with Crippen molar-refractivity contribution < 1.29 is 4.74 Å². The average Bonchev–Trinajstić information content (AvgIpc) is 2.83. The Hall–Kier alpha value is -0.870. The molecule has 0 fully saturated rings. The predicted octanol–water partition coefficient (Wildman–Crippen LogP) is 2.54. The maximum absolute atomic E-state index is 5.33. The first kappa shape index (κ1) is 16.2. The molecule has 1 aromatic heterocycles. The fourth-order valence-electron chi connectivity index (χ4n) is 2.19. The third-order valence-electron chi connectivity index (χ3n) is 3.55. The van der Waals surface area contributed by atoms with Gasteiger partial charge in [0.15, 0.2) is 0 Å². The number of rotatable bonds is 10. The normalized spacial score (nSPS) is 14.5. The zero-order valence-corrected chi connectivity index (χ0v) is 12.9. The van der Waals surface area contributed by atoms with Gasteiger partial charge in [0.2, 0.25) is 0 Å². The zero-order valence-electron chi connectivity index (χ0n) is 12.9. The van der Waals surface area contributed by atoms with Crippen LogP contribution in [0.5, 0.6) is 0 Å². The van der Waals surface area contributed by atoms with E-state index in [4.69, 9.17) is 4.74 Å². The summed E-state index contributed by atoms with van der Waals surface area (Å²) in [5.74, 6) is 0. The van der Waals surface area contributed by atoms with Gasteiger partial charge in [-0.2, -0.15) is 5.10 Å². The van der Waals surface area contributed by atoms with Gasteiger partial charge in [0.1, 0.15) is 0 Å². The molecule has 1 rings (SSSR count). The number of ether oxygens (including phenoxy) is 1. The summed E-state index contributed by atoms with van der Waals surface area (Å²) >= 11 is 0. The Morgan fingerprint density at radius 1 is 1.37 bits per heavy atom. The van der Waals surface area contributed by atoms with E-state index in [1.807, 2.05) is 17.9 Å². The molecule has 110 valence electrons. The van der Waals surface area contributed by atoms with Crippen LogP contribution in [-0.4, -0.2) is 35.6 Å². The number of aromatic nitrogens is 2. The summed E-state index contributed by atoms with van der Waals surface area (Å²) in [6.07, 6.45) is 10.2. The van der Waals surface area contributed by atoms with Gasteiger partial charge in [-0.1, -0.05) is 6.92 Å². The first-order chi connectivity index (χ1) is 9.15. The summed E-state index contributed by atoms with van der Waals surface area (Å²) in [7, 11) is 3.76. The van der Waals surface area contributed by atoms with E-state index in [0.717, 1.165) is 19.4 Å². The zero-order chi connectivity index (χ0) is 14.1. The quantitative estimate of drug-likeness (QED) is 0.708. The van der Waals surface area contributed by atoms with Crippen LogP contribution >= 0.6 is 0 Å². The third-order valence-corrected chi connectivity index (χ3v) is 3.55. The minimum atomic E-state index is 0.351. The Bertz CT molecular complexity index is 338. The summed E-state index contributed by atoms with van der Waals surface area (Å²) in [4.78, 5) is 0. The van der Waals surface area contributed by atoms with Crippen molar-refractivity contribution in [1.29, 1.82) is 0 Å². The van der Waals surface area contributed by atoms with Crippen molar-refractivity contribution in [3.63, 3.8) is 0 Å². The van der Waals surface area contributed by atoms with E-state index < -0.39 is 0 Å². The molecule has 4 nitrogen and oxygen atoms in total. The van der Waals surface area contributed by atoms with Crippen LogP contribution in [0.3, 0.4) is 0 Å². The number of methoxy groups -OCH3 is 1. The Morgan fingerprint density at radius 2 is 2.16 bits per heavy atom. The van der Waals surface area contributed by atoms with E-state index in [9.17, 15) is 0 Å². The van der Waals surface area contributed by atoms with Gasteiger partial charge in [-0.3, -0.25) is 4.68 Å². The maximum atomic E-state index is 5.33. The highest BCUT2D eigenvalue weighted by Crippen LogP contribution is 2.11. The lowest BCUT2D eigenvalue weighted by molar-refractivity contribution is 0.105. The van der Waals surface area contributed by atoms with Crippen LogP contribution in [0.4, 0.5) is 0 Å². The number of nitrogens with one attached hydrogen (secondary N) is 1. The molecule has 0 saturated carbocycles. The molecule has 2 unspecified atom stereocenters. The molecule has 4 heteroatoms. The highest BCUT2D eigenvalue weighted by atomic mass is 16.5. The molecule has 1 aromatic rings. The van der Waals surface area contributed by atoms with E-state index >= 15 is 0 Å². The highest BCUT2D eigenvalue weighted by molar-refractivity contribution is 5.03. The molecule has 0 spiro atoms. The summed E-state index contributed by atoms with van der Waals surface area (Å²) in [6, 6.07) is 0.581. The van der Waals surface area contributed by atoms with E-state index in [0.29, 0.717) is 12.1 Å². The first-order valence-corrected chi connectivity index (χ1v) is 7.39. The van der Waals surface area contributed by atoms with Crippen molar-refractivity contribution in [3.05, 3.63) is 18.0 Å². The minimum Gasteiger partial charge on any atom is -0.382 e. The van der Waals surface area contributed by atoms with Crippen molar-refractivity contribution >= 4 is 0 Å². The molecule has 0 aliphatic carbocycles. The standard InChI is InChI=1S/C15H29N3O/c1-5-10-16-15(8-6-13(2)19-4)9-7-14-11-17-18(3)12-14/h11-13,15-16H,5-10H2,1-4H3. The van der Waals surface area contributed by atoms with Gasteiger partial charge in [0, 0.05) is 26.4 Å². The Morgan fingerprint density at radius 3 is 2.74 bits per heavy atom. The summed E-state index contributed by atoms with van der Waals surface area (Å²) in [6.45, 7) is 5.44. The lowest BCUT2D eigenvalue weighted by Crippen LogP contribution is -2.31. The molecule has 0 aromatic carbocycles. The molecule has 0 radical (unpaired) electrons. The van der Waals surface area contributed by atoms with Crippen molar-refractivity contribution in [2.24, 2.45) is 7.05 Å². The lowest BCUT2D eigenvalue weighted by atomic mass is 10.0. The predicted molar refractivity (Wildman–Crippen MR) is 79.3 cm³/mol. The van der Waals surface area contributed by atoms with Gasteiger partial charge in [0.25, 0.3) is 0 Å². The van der Waals surface area contributed by atoms with Crippen LogP contribution in [0.2, 0.25) is 0 Å². The SMILES string of the molecule is CCCNC(CCc1cnn(C)c1)CCC(C)OC. The summed E-state index contributed by atoms with van der Waals surface area (Å²) in [5.41, 5.74) is 1.32. The topological polar surface area (TPSA) is 39.1 Å². The van der Waals surface area contributed by atoms with Crippen LogP contribution < -0.4 is 5.32 Å². The Balaban J connectivity index is 2.35. The van der Waals surface area contributed by atoms with Crippen LogP contribution in [0, 0.1) is 0 Å². The van der Waals surface area contributed by atoms with Crippen LogP contribution in [0.25, 0.3) is 0 Å². The second-order valence-electron chi connectivity index (χ2n) is 5.34. The fourth-order valence-corrected chi connectivity index (χ4v) is 2.19. The van der Waals surface area contributed by atoms with Crippen molar-refractivity contribution in [3.8, 4) is 0 Å². The highest BCUT2D eigenvalue weighted by Gasteiger charge is 2.10. The van der Waals surface area contributed by atoms with E-state index in [1.54, 1.807) is 7.11 Å². The number of aryl methyl sites for hydroxylation is 2. The van der Waals surface area contributed by atoms with Crippen LogP contribution in [0.1, 0.15) is 45.1 Å². The van der Waals surface area contributed by atoms with Crippen molar-refractivity contribution in [2.75, 3.05) is 13.7 Å².